The van der Waals surface area contributed by atoms with Gasteiger partial charge in [0.05, 0.1) is 11.3 Å². The quantitative estimate of drug-likeness (QED) is 0.881. The Kier molecular flexibility index (Phi) is 4.48. The lowest BCUT2D eigenvalue weighted by Gasteiger charge is -2.20. The molecule has 0 unspecified atom stereocenters. The summed E-state index contributed by atoms with van der Waals surface area (Å²) in [5.74, 6) is -1.15. The van der Waals surface area contributed by atoms with E-state index >= 15 is 0 Å². The minimum atomic E-state index is -3.36. The predicted molar refractivity (Wildman–Crippen MR) is 68.9 cm³/mol. The average Bonchev–Trinajstić information content (AvgIpc) is 2.28. The van der Waals surface area contributed by atoms with E-state index in [1.807, 2.05) is 0 Å². The first-order valence-electron chi connectivity index (χ1n) is 5.52. The van der Waals surface area contributed by atoms with E-state index in [0.717, 1.165) is 0 Å². The van der Waals surface area contributed by atoms with Gasteiger partial charge in [0.2, 0.25) is 10.0 Å². The molecule has 18 heavy (non-hydrogen) atoms. The van der Waals surface area contributed by atoms with Crippen LogP contribution >= 0.6 is 0 Å². The van der Waals surface area contributed by atoms with E-state index in [4.69, 9.17) is 5.11 Å². The van der Waals surface area contributed by atoms with Crippen LogP contribution in [0.15, 0.2) is 24.3 Å². The molecule has 0 fully saturated rings. The van der Waals surface area contributed by atoms with Gasteiger partial charge in [0.1, 0.15) is 0 Å². The maximum absolute atomic E-state index is 12.0. The van der Waals surface area contributed by atoms with Crippen LogP contribution in [0.3, 0.4) is 0 Å². The van der Waals surface area contributed by atoms with Crippen molar-refractivity contribution in [3.8, 4) is 0 Å². The van der Waals surface area contributed by atoms with Crippen molar-refractivity contribution in [1.29, 1.82) is 0 Å². The Bertz CT molecular complexity index is 520. The third-order valence-electron chi connectivity index (χ3n) is 2.72. The third kappa shape index (κ3) is 3.54. The highest BCUT2D eigenvalue weighted by Crippen LogP contribution is 2.13. The van der Waals surface area contributed by atoms with E-state index in [2.05, 4.69) is 0 Å². The molecule has 0 bridgehead atoms. The molecule has 1 rings (SSSR count). The molecule has 0 atom stereocenters. The van der Waals surface area contributed by atoms with Crippen LogP contribution in [0.5, 0.6) is 0 Å². The van der Waals surface area contributed by atoms with Crippen LogP contribution in [0.4, 0.5) is 0 Å². The zero-order valence-corrected chi connectivity index (χ0v) is 11.4. The van der Waals surface area contributed by atoms with E-state index < -0.39 is 16.0 Å². The largest absolute Gasteiger partial charge is 0.478 e. The van der Waals surface area contributed by atoms with Gasteiger partial charge in [-0.15, -0.1) is 0 Å². The molecular formula is C12H17NO4S. The summed E-state index contributed by atoms with van der Waals surface area (Å²) in [6.45, 7) is 3.59. The number of hydrogen-bond acceptors (Lipinski definition) is 3. The summed E-state index contributed by atoms with van der Waals surface area (Å²) in [7, 11) is -1.83. The molecular weight excluding hydrogens is 254 g/mol. The van der Waals surface area contributed by atoms with Crippen LogP contribution < -0.4 is 0 Å². The minimum absolute atomic E-state index is 0.103. The molecule has 0 saturated carbocycles. The number of rotatable bonds is 5. The van der Waals surface area contributed by atoms with Gasteiger partial charge in [-0.05, 0) is 31.5 Å². The second kappa shape index (κ2) is 5.49. The van der Waals surface area contributed by atoms with Crippen LogP contribution in [0.1, 0.15) is 29.8 Å². The summed E-state index contributed by atoms with van der Waals surface area (Å²) in [6.07, 6.45) is 0. The summed E-state index contributed by atoms with van der Waals surface area (Å²) < 4.78 is 25.2. The number of carboxylic acid groups (broad SMARTS) is 1. The van der Waals surface area contributed by atoms with E-state index in [1.54, 1.807) is 13.8 Å². The summed E-state index contributed by atoms with van der Waals surface area (Å²) in [5, 5.41) is 8.74. The van der Waals surface area contributed by atoms with E-state index in [1.165, 1.54) is 35.6 Å². The normalized spacial score (nSPS) is 12.1. The second-order valence-electron chi connectivity index (χ2n) is 4.37. The summed E-state index contributed by atoms with van der Waals surface area (Å²) in [5.41, 5.74) is 0.723. The monoisotopic (exact) mass is 271 g/mol. The molecule has 0 heterocycles. The standard InChI is InChI=1S/C12H17NO4S/c1-9(2)13(3)18(16,17)8-10-4-6-11(7-5-10)12(14)15/h4-7,9H,8H2,1-3H3,(H,14,15). The molecule has 0 aliphatic carbocycles. The third-order valence-corrected chi connectivity index (χ3v) is 4.71. The number of carbonyl (C=O) groups is 1. The molecule has 1 N–H and O–H groups in total. The number of benzene rings is 1. The number of carboxylic acids is 1. The molecule has 1 aromatic carbocycles. The number of aromatic carboxylic acids is 1. The fraction of sp³-hybridized carbons (Fsp3) is 0.417. The first-order valence-corrected chi connectivity index (χ1v) is 7.13. The molecule has 100 valence electrons. The molecule has 5 nitrogen and oxygen atoms in total. The first kappa shape index (κ1) is 14.7. The molecule has 0 aliphatic heterocycles. The molecule has 0 aliphatic rings. The average molecular weight is 271 g/mol. The summed E-state index contributed by atoms with van der Waals surface area (Å²) in [4.78, 5) is 10.7. The van der Waals surface area contributed by atoms with Gasteiger partial charge >= 0.3 is 5.97 Å². The van der Waals surface area contributed by atoms with Gasteiger partial charge in [-0.1, -0.05) is 12.1 Å². The van der Waals surface area contributed by atoms with E-state index in [0.29, 0.717) is 5.56 Å². The lowest BCUT2D eigenvalue weighted by Crippen LogP contribution is -2.33. The minimum Gasteiger partial charge on any atom is -0.478 e. The fourth-order valence-corrected chi connectivity index (χ4v) is 2.84. The van der Waals surface area contributed by atoms with Crippen LogP contribution in [0, 0.1) is 0 Å². The van der Waals surface area contributed by atoms with Crippen molar-refractivity contribution >= 4 is 16.0 Å². The van der Waals surface area contributed by atoms with E-state index in [-0.39, 0.29) is 17.4 Å². The Morgan fingerprint density at radius 3 is 2.17 bits per heavy atom. The van der Waals surface area contributed by atoms with E-state index in [9.17, 15) is 13.2 Å². The van der Waals surface area contributed by atoms with Crippen molar-refractivity contribution in [1.82, 2.24) is 4.31 Å². The second-order valence-corrected chi connectivity index (χ2v) is 6.40. The van der Waals surface area contributed by atoms with Crippen molar-refractivity contribution in [2.24, 2.45) is 0 Å². The van der Waals surface area contributed by atoms with Crippen molar-refractivity contribution < 1.29 is 18.3 Å². The Labute approximate surface area is 107 Å². The van der Waals surface area contributed by atoms with Gasteiger partial charge in [0.25, 0.3) is 0 Å². The molecule has 0 aromatic heterocycles. The highest BCUT2D eigenvalue weighted by atomic mass is 32.2. The van der Waals surface area contributed by atoms with Gasteiger partial charge in [-0.3, -0.25) is 0 Å². The lowest BCUT2D eigenvalue weighted by atomic mass is 10.1. The van der Waals surface area contributed by atoms with Gasteiger partial charge in [0.15, 0.2) is 0 Å². The van der Waals surface area contributed by atoms with Crippen molar-refractivity contribution in [3.63, 3.8) is 0 Å². The van der Waals surface area contributed by atoms with Crippen LogP contribution in [0.2, 0.25) is 0 Å². The van der Waals surface area contributed by atoms with Crippen molar-refractivity contribution in [2.45, 2.75) is 25.6 Å². The molecule has 1 aromatic rings. The van der Waals surface area contributed by atoms with Gasteiger partial charge in [-0.2, -0.15) is 0 Å². The van der Waals surface area contributed by atoms with Gasteiger partial charge in [0, 0.05) is 13.1 Å². The van der Waals surface area contributed by atoms with Crippen molar-refractivity contribution in [2.75, 3.05) is 7.05 Å². The maximum Gasteiger partial charge on any atom is 0.335 e. The van der Waals surface area contributed by atoms with Crippen LogP contribution in [-0.2, 0) is 15.8 Å². The Morgan fingerprint density at radius 2 is 1.78 bits per heavy atom. The maximum atomic E-state index is 12.0. The predicted octanol–water partition coefficient (Wildman–Crippen LogP) is 1.55. The summed E-state index contributed by atoms with van der Waals surface area (Å²) in [6, 6.07) is 5.75. The molecule has 0 amide bonds. The highest BCUT2D eigenvalue weighted by Gasteiger charge is 2.20. The topological polar surface area (TPSA) is 74.7 Å². The fourth-order valence-electron chi connectivity index (χ4n) is 1.38. The molecule has 0 saturated heterocycles. The zero-order chi connectivity index (χ0) is 13.9. The van der Waals surface area contributed by atoms with Crippen molar-refractivity contribution in [3.05, 3.63) is 35.4 Å². The number of sulfonamides is 1. The first-order chi connectivity index (χ1) is 8.24. The smallest absolute Gasteiger partial charge is 0.335 e. The molecule has 0 spiro atoms. The number of nitrogens with zero attached hydrogens (tertiary/aromatic N) is 1. The van der Waals surface area contributed by atoms with Gasteiger partial charge < -0.3 is 5.11 Å². The number of hydrogen-bond donors (Lipinski definition) is 1. The van der Waals surface area contributed by atoms with Gasteiger partial charge in [-0.25, -0.2) is 17.5 Å². The van der Waals surface area contributed by atoms with Crippen LogP contribution in [-0.4, -0.2) is 36.9 Å². The summed E-state index contributed by atoms with van der Waals surface area (Å²) >= 11 is 0. The lowest BCUT2D eigenvalue weighted by molar-refractivity contribution is 0.0697. The Balaban J connectivity index is 2.88. The Hall–Kier alpha value is -1.40. The Morgan fingerprint density at radius 1 is 1.28 bits per heavy atom. The highest BCUT2D eigenvalue weighted by molar-refractivity contribution is 7.88. The molecule has 0 radical (unpaired) electrons. The zero-order valence-electron chi connectivity index (χ0n) is 10.6. The SMILES string of the molecule is CC(C)N(C)S(=O)(=O)Cc1ccc(C(=O)O)cc1. The molecule has 6 heteroatoms. The van der Waals surface area contributed by atoms with Crippen LogP contribution in [0.25, 0.3) is 0 Å².